The fraction of sp³-hybridized carbons (Fsp3) is 0.289. The van der Waals surface area contributed by atoms with Crippen molar-refractivity contribution < 1.29 is 0 Å². The first-order chi connectivity index (χ1) is 21.8. The summed E-state index contributed by atoms with van der Waals surface area (Å²) in [5, 5.41) is 22.3. The zero-order valence-electron chi connectivity index (χ0n) is 26.1. The quantitative estimate of drug-likeness (QED) is 0.160. The lowest BCUT2D eigenvalue weighted by Gasteiger charge is -2.57. The Balaban J connectivity index is 1.40. The molecule has 0 radical (unpaired) electrons. The molecule has 0 N–H and O–H groups in total. The van der Waals surface area contributed by atoms with Crippen LogP contribution in [0, 0.1) is 17.8 Å². The maximum absolute atomic E-state index is 2.76. The second-order valence-corrected chi connectivity index (χ2v) is 17.5. The minimum Gasteiger partial charge on any atom is -0.0722 e. The predicted molar refractivity (Wildman–Crippen MR) is 186 cm³/mol. The highest BCUT2D eigenvalue weighted by Crippen LogP contribution is 2.83. The van der Waals surface area contributed by atoms with Crippen LogP contribution in [0.3, 0.4) is 0 Å². The Hall–Kier alpha value is -4.16. The van der Waals surface area contributed by atoms with Gasteiger partial charge in [-0.3, -0.25) is 0 Å². The first-order valence-corrected chi connectivity index (χ1v) is 17.6. The average Bonchev–Trinajstić information content (AvgIpc) is 3.82. The zero-order chi connectivity index (χ0) is 28.9. The van der Waals surface area contributed by atoms with E-state index in [-0.39, 0.29) is 16.2 Å². The van der Waals surface area contributed by atoms with Crippen molar-refractivity contribution in [3.63, 3.8) is 0 Å². The van der Waals surface area contributed by atoms with Crippen LogP contribution in [0.2, 0.25) is 0 Å². The van der Waals surface area contributed by atoms with E-state index >= 15 is 0 Å². The van der Waals surface area contributed by atoms with Gasteiger partial charge in [-0.05, 0) is 169 Å². The lowest BCUT2D eigenvalue weighted by atomic mass is 9.45. The summed E-state index contributed by atoms with van der Waals surface area (Å²) in [5.41, 5.74) is 19.1. The molecule has 7 atom stereocenters. The van der Waals surface area contributed by atoms with E-state index in [1.807, 2.05) is 11.1 Å². The average molecular weight is 569 g/mol. The summed E-state index contributed by atoms with van der Waals surface area (Å²) in [7, 11) is 0. The minimum absolute atomic E-state index is 0.0523. The van der Waals surface area contributed by atoms with E-state index in [0.29, 0.717) is 23.7 Å². The van der Waals surface area contributed by atoms with Crippen molar-refractivity contribution in [2.75, 3.05) is 0 Å². The van der Waals surface area contributed by atoms with Gasteiger partial charge in [0.2, 0.25) is 0 Å². The van der Waals surface area contributed by atoms with Crippen molar-refractivity contribution in [3.8, 4) is 0 Å². The van der Waals surface area contributed by atoms with Crippen LogP contribution < -0.4 is 0 Å². The molecule has 1 saturated carbocycles. The van der Waals surface area contributed by atoms with Gasteiger partial charge in [0.05, 0.1) is 0 Å². The number of hydrogen-bond donors (Lipinski definition) is 0. The van der Waals surface area contributed by atoms with Gasteiger partial charge in [-0.25, -0.2) is 0 Å². The molecule has 0 spiro atoms. The third-order valence-electron chi connectivity index (χ3n) is 16.5. The van der Waals surface area contributed by atoms with E-state index in [1.54, 1.807) is 104 Å². The smallest absolute Gasteiger partial charge is 0.0439 e. The van der Waals surface area contributed by atoms with Crippen molar-refractivity contribution in [1.29, 1.82) is 0 Å². The number of rotatable bonds is 0. The Morgan fingerprint density at radius 2 is 1.20 bits per heavy atom. The van der Waals surface area contributed by atoms with E-state index < -0.39 is 0 Å². The highest BCUT2D eigenvalue weighted by atomic mass is 14.7. The monoisotopic (exact) mass is 568 g/mol. The Morgan fingerprint density at radius 3 is 1.93 bits per heavy atom. The SMILES string of the molecule is CC1C=C2c3ccc4c5ccc6c7ccc8c9c%10c%11c%12c%13c%14c(c3c4c%13c5c6c%12c97)C2(C)C2=C(C3C(=C21)C(C)CC8C%103C)[C@]%14%11C. The molecule has 0 heteroatoms. The molecule has 1 fully saturated rings. The van der Waals surface area contributed by atoms with Crippen molar-refractivity contribution in [1.82, 2.24) is 0 Å². The van der Waals surface area contributed by atoms with Crippen molar-refractivity contribution >= 4 is 81.0 Å². The van der Waals surface area contributed by atoms with E-state index in [1.165, 1.54) is 28.0 Å². The standard InChI is InChI=1S/C45H28/c1-14-12-22-20-10-8-18-16-6-7-17-19-9-11-21-23-13-15(2)25-24(14)36-42-37(25)44(23,4)39-31(21)29(19)33-27(17)26(16)32-28(18)30(20)38(43(22,36)3)40-34(32)35(33)41(39)45(40,42)5/h6-12,14-15,23,37H,13H2,1-5H3/t14?,15?,23?,37?,43?,44?,45-/m1/s1. The normalized spacial score (nSPS) is 36.7. The third-order valence-corrected chi connectivity index (χ3v) is 16.5. The van der Waals surface area contributed by atoms with Crippen LogP contribution in [-0.4, -0.2) is 0 Å². The fourth-order valence-electron chi connectivity index (χ4n) is 15.7. The molecule has 16 rings (SSSR count). The van der Waals surface area contributed by atoms with E-state index in [4.69, 9.17) is 0 Å². The number of benzene rings is 6. The van der Waals surface area contributed by atoms with Crippen LogP contribution in [0.4, 0.5) is 0 Å². The van der Waals surface area contributed by atoms with E-state index in [9.17, 15) is 0 Å². The summed E-state index contributed by atoms with van der Waals surface area (Å²) >= 11 is 0. The van der Waals surface area contributed by atoms with Gasteiger partial charge in [0.15, 0.2) is 0 Å². The van der Waals surface area contributed by atoms with Crippen LogP contribution in [-0.2, 0) is 16.2 Å². The predicted octanol–water partition coefficient (Wildman–Crippen LogP) is 11.1. The first-order valence-electron chi connectivity index (χ1n) is 17.6. The van der Waals surface area contributed by atoms with Gasteiger partial charge in [0.25, 0.3) is 0 Å². The molecule has 6 unspecified atom stereocenters. The molecule has 0 aromatic heterocycles. The lowest BCUT2D eigenvalue weighted by Crippen LogP contribution is -2.52. The first kappa shape index (κ1) is 20.8. The summed E-state index contributed by atoms with van der Waals surface area (Å²) in [6.07, 6.45) is 4.03. The van der Waals surface area contributed by atoms with Gasteiger partial charge in [-0.1, -0.05) is 68.8 Å². The van der Waals surface area contributed by atoms with Crippen molar-refractivity contribution in [3.05, 3.63) is 98.1 Å². The van der Waals surface area contributed by atoms with Gasteiger partial charge in [0.1, 0.15) is 0 Å². The molecular formula is C45H28. The molecule has 8 aliphatic carbocycles. The van der Waals surface area contributed by atoms with Gasteiger partial charge in [0, 0.05) is 22.2 Å². The minimum atomic E-state index is -0.0525. The van der Waals surface area contributed by atoms with E-state index in [0.717, 1.165) is 0 Å². The van der Waals surface area contributed by atoms with Crippen molar-refractivity contribution in [2.24, 2.45) is 17.8 Å². The molecule has 0 heterocycles. The van der Waals surface area contributed by atoms with Crippen LogP contribution >= 0.6 is 0 Å². The highest BCUT2D eigenvalue weighted by molar-refractivity contribution is 6.54. The van der Waals surface area contributed by atoms with Gasteiger partial charge in [-0.15, -0.1) is 0 Å². The number of fused-ring (bicyclic) bond motifs is 4. The summed E-state index contributed by atoms with van der Waals surface area (Å²) in [5.74, 6) is 2.19. The van der Waals surface area contributed by atoms with Crippen LogP contribution in [0.25, 0.3) is 81.0 Å². The molecule has 208 valence electrons. The second-order valence-electron chi connectivity index (χ2n) is 17.5. The maximum atomic E-state index is 2.76. The number of hydrogen-bond acceptors (Lipinski definition) is 0. The van der Waals surface area contributed by atoms with Gasteiger partial charge in [-0.2, -0.15) is 0 Å². The maximum Gasteiger partial charge on any atom is 0.0439 e. The largest absolute Gasteiger partial charge is 0.0722 e. The Morgan fingerprint density at radius 1 is 0.600 bits per heavy atom. The van der Waals surface area contributed by atoms with Crippen molar-refractivity contribution in [2.45, 2.75) is 63.2 Å². The summed E-state index contributed by atoms with van der Waals surface area (Å²) in [6, 6.07) is 15.3. The molecule has 45 heavy (non-hydrogen) atoms. The Labute approximate surface area is 259 Å². The number of allylic oxidation sites excluding steroid dienone is 6. The van der Waals surface area contributed by atoms with Crippen LogP contribution in [0.15, 0.2) is 64.8 Å². The summed E-state index contributed by atoms with van der Waals surface area (Å²) < 4.78 is 0. The third kappa shape index (κ3) is 1.36. The topological polar surface area (TPSA) is 0 Å². The Bertz CT molecular complexity index is 3140. The van der Waals surface area contributed by atoms with Gasteiger partial charge < -0.3 is 0 Å². The molecule has 0 nitrogen and oxygen atoms in total. The molecule has 8 aliphatic rings. The fourth-order valence-corrected chi connectivity index (χ4v) is 15.7. The molecule has 0 saturated heterocycles. The van der Waals surface area contributed by atoms with E-state index in [2.05, 4.69) is 77.1 Å². The molecular weight excluding hydrogens is 540 g/mol. The highest BCUT2D eigenvalue weighted by Gasteiger charge is 2.72. The summed E-state index contributed by atoms with van der Waals surface area (Å²) in [6.45, 7) is 13.3. The second kappa shape index (κ2) is 5.07. The lowest BCUT2D eigenvalue weighted by molar-refractivity contribution is 0.205. The Kier molecular flexibility index (Phi) is 2.34. The molecule has 0 aliphatic heterocycles. The van der Waals surface area contributed by atoms with Gasteiger partial charge >= 0.3 is 0 Å². The molecule has 0 amide bonds. The van der Waals surface area contributed by atoms with Crippen LogP contribution in [0.5, 0.6) is 0 Å². The summed E-state index contributed by atoms with van der Waals surface area (Å²) in [4.78, 5) is 0. The molecule has 8 aromatic carbocycles. The zero-order valence-corrected chi connectivity index (χ0v) is 26.1. The van der Waals surface area contributed by atoms with Crippen LogP contribution in [0.1, 0.15) is 80.3 Å². The molecule has 8 aromatic rings. The molecule has 0 bridgehead atoms.